The average Bonchev–Trinajstić information content (AvgIpc) is 2.44. The van der Waals surface area contributed by atoms with Gasteiger partial charge in [0.15, 0.2) is 0 Å². The van der Waals surface area contributed by atoms with E-state index in [2.05, 4.69) is 22.6 Å². The molecule has 1 aromatic rings. The number of rotatable bonds is 5. The maximum atomic E-state index is 11.2. The first-order valence-corrected chi connectivity index (χ1v) is 9.56. The van der Waals surface area contributed by atoms with Crippen LogP contribution in [0, 0.1) is 5.92 Å². The van der Waals surface area contributed by atoms with E-state index in [1.54, 1.807) is 0 Å². The highest BCUT2D eigenvalue weighted by atomic mass is 35.5. The lowest BCUT2D eigenvalue weighted by Gasteiger charge is -2.37. The molecule has 118 valence electrons. The Labute approximate surface area is 132 Å². The Bertz CT molecular complexity index is 577. The maximum absolute atomic E-state index is 11.2. The molecule has 4 nitrogen and oxygen atoms in total. The van der Waals surface area contributed by atoms with Gasteiger partial charge in [-0.05, 0) is 49.9 Å². The van der Waals surface area contributed by atoms with E-state index in [4.69, 9.17) is 11.6 Å². The first-order valence-electron chi connectivity index (χ1n) is 7.29. The van der Waals surface area contributed by atoms with Crippen molar-refractivity contribution >= 4 is 21.6 Å². The number of nitrogens with one attached hydrogen (secondary N) is 1. The van der Waals surface area contributed by atoms with Crippen LogP contribution in [0.3, 0.4) is 0 Å². The third kappa shape index (κ3) is 5.25. The van der Waals surface area contributed by atoms with Gasteiger partial charge in [0, 0.05) is 24.2 Å². The quantitative estimate of drug-likeness (QED) is 0.903. The van der Waals surface area contributed by atoms with Crippen molar-refractivity contribution in [3.05, 3.63) is 34.9 Å². The third-order valence-corrected chi connectivity index (χ3v) is 4.99. The lowest BCUT2D eigenvalue weighted by atomic mass is 9.95. The molecule has 1 N–H and O–H groups in total. The lowest BCUT2D eigenvalue weighted by Crippen LogP contribution is -2.41. The summed E-state index contributed by atoms with van der Waals surface area (Å²) in [6, 6.07) is 8.25. The summed E-state index contributed by atoms with van der Waals surface area (Å²) in [7, 11) is -3.10. The highest BCUT2D eigenvalue weighted by Gasteiger charge is 2.24. The summed E-state index contributed by atoms with van der Waals surface area (Å²) in [4.78, 5) is 2.41. The molecule has 0 spiro atoms. The highest BCUT2D eigenvalue weighted by Crippen LogP contribution is 2.27. The van der Waals surface area contributed by atoms with Gasteiger partial charge in [0.05, 0.1) is 6.26 Å². The Kier molecular flexibility index (Phi) is 5.66. The van der Waals surface area contributed by atoms with E-state index in [-0.39, 0.29) is 0 Å². The van der Waals surface area contributed by atoms with E-state index in [9.17, 15) is 8.42 Å². The molecule has 1 aromatic carbocycles. The van der Waals surface area contributed by atoms with Crippen LogP contribution in [0.4, 0.5) is 0 Å². The topological polar surface area (TPSA) is 49.4 Å². The number of benzene rings is 1. The lowest BCUT2D eigenvalue weighted by molar-refractivity contribution is 0.133. The average molecular weight is 331 g/mol. The predicted molar refractivity (Wildman–Crippen MR) is 87.0 cm³/mol. The van der Waals surface area contributed by atoms with Crippen LogP contribution in [-0.4, -0.2) is 39.2 Å². The predicted octanol–water partition coefficient (Wildman–Crippen LogP) is 2.66. The standard InChI is InChI=1S/C15H23ClN2O2S/c1-12(14-6-3-7-15(16)9-14)18-8-4-5-13(11-18)10-17-21(2,19)20/h3,6-7,9,12-13,17H,4-5,8,10-11H2,1-2H3/t12-,13+/m1/s1. The van der Waals surface area contributed by atoms with Gasteiger partial charge >= 0.3 is 0 Å². The molecule has 1 aliphatic rings. The normalized spacial score (nSPS) is 22.1. The number of piperidine rings is 1. The molecule has 0 aliphatic carbocycles. The summed E-state index contributed by atoms with van der Waals surface area (Å²) in [6.45, 7) is 4.66. The minimum Gasteiger partial charge on any atom is -0.296 e. The smallest absolute Gasteiger partial charge is 0.208 e. The Balaban J connectivity index is 1.97. The number of hydrogen-bond acceptors (Lipinski definition) is 3. The zero-order valence-electron chi connectivity index (χ0n) is 12.5. The Morgan fingerprint density at radius 3 is 2.90 bits per heavy atom. The van der Waals surface area contributed by atoms with Crippen molar-refractivity contribution < 1.29 is 8.42 Å². The number of likely N-dealkylation sites (tertiary alicyclic amines) is 1. The molecule has 0 saturated carbocycles. The number of sulfonamides is 1. The second-order valence-corrected chi connectivity index (χ2v) is 8.12. The number of halogens is 1. The van der Waals surface area contributed by atoms with Crippen LogP contribution in [0.5, 0.6) is 0 Å². The molecule has 21 heavy (non-hydrogen) atoms. The fraction of sp³-hybridized carbons (Fsp3) is 0.600. The molecule has 1 fully saturated rings. The van der Waals surface area contributed by atoms with Gasteiger partial charge in [-0.1, -0.05) is 23.7 Å². The van der Waals surface area contributed by atoms with E-state index in [1.807, 2.05) is 18.2 Å². The first kappa shape index (κ1) is 16.7. The summed E-state index contributed by atoms with van der Waals surface area (Å²) >= 11 is 6.06. The van der Waals surface area contributed by atoms with E-state index >= 15 is 0 Å². The molecule has 0 amide bonds. The summed E-state index contributed by atoms with van der Waals surface area (Å²) in [5.74, 6) is 0.370. The summed E-state index contributed by atoms with van der Waals surface area (Å²) in [5, 5.41) is 0.756. The molecule has 0 aromatic heterocycles. The molecule has 1 heterocycles. The van der Waals surface area contributed by atoms with Crippen molar-refractivity contribution in [3.8, 4) is 0 Å². The van der Waals surface area contributed by atoms with Crippen molar-refractivity contribution in [2.45, 2.75) is 25.8 Å². The van der Waals surface area contributed by atoms with Crippen LogP contribution in [0.1, 0.15) is 31.4 Å². The Morgan fingerprint density at radius 1 is 1.48 bits per heavy atom. The zero-order chi connectivity index (χ0) is 15.5. The van der Waals surface area contributed by atoms with Gasteiger partial charge in [-0.2, -0.15) is 0 Å². The van der Waals surface area contributed by atoms with E-state index < -0.39 is 10.0 Å². The molecule has 1 saturated heterocycles. The van der Waals surface area contributed by atoms with Crippen molar-refractivity contribution in [2.24, 2.45) is 5.92 Å². The Hall–Kier alpha value is -0.620. The van der Waals surface area contributed by atoms with Gasteiger partial charge in [-0.25, -0.2) is 13.1 Å². The van der Waals surface area contributed by atoms with Gasteiger partial charge in [-0.3, -0.25) is 4.90 Å². The second kappa shape index (κ2) is 7.09. The fourth-order valence-corrected chi connectivity index (χ4v) is 3.60. The Morgan fingerprint density at radius 2 is 2.24 bits per heavy atom. The van der Waals surface area contributed by atoms with Crippen molar-refractivity contribution in [3.63, 3.8) is 0 Å². The largest absolute Gasteiger partial charge is 0.296 e. The van der Waals surface area contributed by atoms with E-state index in [1.165, 1.54) is 11.8 Å². The molecule has 2 rings (SSSR count). The van der Waals surface area contributed by atoms with Gasteiger partial charge in [0.2, 0.25) is 10.0 Å². The van der Waals surface area contributed by atoms with Crippen LogP contribution in [0.15, 0.2) is 24.3 Å². The zero-order valence-corrected chi connectivity index (χ0v) is 14.1. The number of nitrogens with zero attached hydrogens (tertiary/aromatic N) is 1. The van der Waals surface area contributed by atoms with Crippen molar-refractivity contribution in [1.29, 1.82) is 0 Å². The van der Waals surface area contributed by atoms with Gasteiger partial charge in [0.25, 0.3) is 0 Å². The monoisotopic (exact) mass is 330 g/mol. The summed E-state index contributed by atoms with van der Waals surface area (Å²) < 4.78 is 25.0. The molecule has 6 heteroatoms. The van der Waals surface area contributed by atoms with E-state index in [0.717, 1.165) is 31.0 Å². The van der Waals surface area contributed by atoms with Gasteiger partial charge in [0.1, 0.15) is 0 Å². The van der Waals surface area contributed by atoms with Crippen LogP contribution in [0.2, 0.25) is 5.02 Å². The van der Waals surface area contributed by atoms with Crippen molar-refractivity contribution in [1.82, 2.24) is 9.62 Å². The second-order valence-electron chi connectivity index (χ2n) is 5.85. The van der Waals surface area contributed by atoms with Gasteiger partial charge in [-0.15, -0.1) is 0 Å². The molecule has 2 atom stereocenters. The van der Waals surface area contributed by atoms with Crippen molar-refractivity contribution in [2.75, 3.05) is 25.9 Å². The third-order valence-electron chi connectivity index (χ3n) is 4.06. The fourth-order valence-electron chi connectivity index (χ4n) is 2.86. The molecule has 0 unspecified atom stereocenters. The minimum atomic E-state index is -3.10. The van der Waals surface area contributed by atoms with Crippen LogP contribution in [0.25, 0.3) is 0 Å². The number of hydrogen-bond donors (Lipinski definition) is 1. The highest BCUT2D eigenvalue weighted by molar-refractivity contribution is 7.88. The SMILES string of the molecule is C[C@H](c1cccc(Cl)c1)N1CCC[C@@H](CNS(C)(=O)=O)C1. The van der Waals surface area contributed by atoms with Crippen LogP contribution < -0.4 is 4.72 Å². The van der Waals surface area contributed by atoms with Crippen LogP contribution >= 0.6 is 11.6 Å². The maximum Gasteiger partial charge on any atom is 0.208 e. The molecule has 0 bridgehead atoms. The van der Waals surface area contributed by atoms with Gasteiger partial charge < -0.3 is 0 Å². The van der Waals surface area contributed by atoms with Crippen LogP contribution in [-0.2, 0) is 10.0 Å². The minimum absolute atomic E-state index is 0.296. The summed E-state index contributed by atoms with van der Waals surface area (Å²) in [6.07, 6.45) is 3.38. The molecule has 0 radical (unpaired) electrons. The molecule has 1 aliphatic heterocycles. The molecular formula is C15H23ClN2O2S. The summed E-state index contributed by atoms with van der Waals surface area (Å²) in [5.41, 5.74) is 1.21. The first-order chi connectivity index (χ1) is 9.85. The molecular weight excluding hydrogens is 308 g/mol. The van der Waals surface area contributed by atoms with E-state index in [0.29, 0.717) is 18.5 Å².